The molecule has 6 nitrogen and oxygen atoms in total. The van der Waals surface area contributed by atoms with Gasteiger partial charge < -0.3 is 15.5 Å². The molecule has 3 amide bonds. The molecule has 2 aromatic rings. The van der Waals surface area contributed by atoms with Crippen molar-refractivity contribution in [1.82, 2.24) is 15.2 Å². The Balaban J connectivity index is 1.73. The number of likely N-dealkylation sites (N-methyl/N-ethyl adjacent to an activating group) is 1. The first-order valence-corrected chi connectivity index (χ1v) is 6.81. The summed E-state index contributed by atoms with van der Waals surface area (Å²) in [5.41, 5.74) is 1.36. The van der Waals surface area contributed by atoms with Gasteiger partial charge in [0.05, 0.1) is 11.2 Å². The molecule has 2 N–H and O–H groups in total. The van der Waals surface area contributed by atoms with E-state index in [1.807, 2.05) is 24.3 Å². The maximum absolute atomic E-state index is 12.0. The van der Waals surface area contributed by atoms with Crippen molar-refractivity contribution >= 4 is 28.5 Å². The molecule has 1 aliphatic rings. The molecule has 1 aromatic carbocycles. The van der Waals surface area contributed by atoms with Crippen LogP contribution >= 0.6 is 0 Å². The molecule has 108 valence electrons. The molecule has 1 saturated heterocycles. The number of fused-ring (bicyclic) bond motifs is 1. The summed E-state index contributed by atoms with van der Waals surface area (Å²) in [7, 11) is 1.73. The number of hydrogen-bond donors (Lipinski definition) is 2. The van der Waals surface area contributed by atoms with E-state index >= 15 is 0 Å². The number of aromatic nitrogens is 1. The molecule has 0 radical (unpaired) electrons. The van der Waals surface area contributed by atoms with Crippen molar-refractivity contribution in [3.05, 3.63) is 36.5 Å². The molecule has 0 unspecified atom stereocenters. The van der Waals surface area contributed by atoms with Crippen molar-refractivity contribution in [2.75, 3.05) is 18.9 Å². The van der Waals surface area contributed by atoms with E-state index in [2.05, 4.69) is 15.6 Å². The first-order chi connectivity index (χ1) is 10.1. The topological polar surface area (TPSA) is 74.3 Å². The summed E-state index contributed by atoms with van der Waals surface area (Å²) in [5, 5.41) is 6.42. The Bertz CT molecular complexity index is 696. The number of carbonyl (C=O) groups is 2. The normalized spacial score (nSPS) is 18.0. The Kier molecular flexibility index (Phi) is 3.43. The van der Waals surface area contributed by atoms with Gasteiger partial charge in [-0.2, -0.15) is 0 Å². The summed E-state index contributed by atoms with van der Waals surface area (Å²) >= 11 is 0. The summed E-state index contributed by atoms with van der Waals surface area (Å²) in [6.45, 7) is 0.666. The standard InChI is InChI=1S/C15H16N4O2/c1-19-9-7-12(14(19)20)18-15(21)17-11-6-2-4-10-5-3-8-16-13(10)11/h2-6,8,12H,7,9H2,1H3,(H2,17,18,21)/t12-/m1/s1. The van der Waals surface area contributed by atoms with E-state index < -0.39 is 6.04 Å². The SMILES string of the molecule is CN1CC[C@@H](NC(=O)Nc2cccc3cccnc23)C1=O. The number of anilines is 1. The molecule has 0 spiro atoms. The maximum atomic E-state index is 12.0. The number of carbonyl (C=O) groups excluding carboxylic acids is 2. The Morgan fingerprint density at radius 1 is 1.33 bits per heavy atom. The summed E-state index contributed by atoms with van der Waals surface area (Å²) in [6.07, 6.45) is 2.32. The predicted octanol–water partition coefficient (Wildman–Crippen LogP) is 1.59. The van der Waals surface area contributed by atoms with Crippen LogP contribution in [0.25, 0.3) is 10.9 Å². The Morgan fingerprint density at radius 2 is 2.14 bits per heavy atom. The molecule has 1 aromatic heterocycles. The molecule has 6 heteroatoms. The van der Waals surface area contributed by atoms with Gasteiger partial charge in [0, 0.05) is 25.2 Å². The maximum Gasteiger partial charge on any atom is 0.319 e. The number of benzene rings is 1. The molecular weight excluding hydrogens is 268 g/mol. The van der Waals surface area contributed by atoms with Crippen molar-refractivity contribution in [2.24, 2.45) is 0 Å². The number of para-hydroxylation sites is 1. The highest BCUT2D eigenvalue weighted by molar-refractivity contribution is 6.01. The summed E-state index contributed by atoms with van der Waals surface area (Å²) in [4.78, 5) is 29.7. The summed E-state index contributed by atoms with van der Waals surface area (Å²) < 4.78 is 0. The number of nitrogens with one attached hydrogen (secondary N) is 2. The number of likely N-dealkylation sites (tertiary alicyclic amines) is 1. The molecule has 1 fully saturated rings. The third kappa shape index (κ3) is 2.65. The first-order valence-electron chi connectivity index (χ1n) is 6.81. The van der Waals surface area contributed by atoms with Crippen molar-refractivity contribution in [3.63, 3.8) is 0 Å². The van der Waals surface area contributed by atoms with Crippen molar-refractivity contribution in [3.8, 4) is 0 Å². The molecule has 0 aliphatic carbocycles. The zero-order valence-electron chi connectivity index (χ0n) is 11.7. The lowest BCUT2D eigenvalue weighted by Gasteiger charge is -2.13. The minimum Gasteiger partial charge on any atom is -0.344 e. The fraction of sp³-hybridized carbons (Fsp3) is 0.267. The van der Waals surface area contributed by atoms with Crippen LogP contribution in [0.5, 0.6) is 0 Å². The number of hydrogen-bond acceptors (Lipinski definition) is 3. The van der Waals surface area contributed by atoms with Gasteiger partial charge in [0.2, 0.25) is 5.91 Å². The van der Waals surface area contributed by atoms with Crippen LogP contribution in [0, 0.1) is 0 Å². The molecule has 1 atom stereocenters. The van der Waals surface area contributed by atoms with Crippen LogP contribution in [0.4, 0.5) is 10.5 Å². The van der Waals surface area contributed by atoms with Gasteiger partial charge in [-0.15, -0.1) is 0 Å². The number of amides is 3. The minimum absolute atomic E-state index is 0.0544. The minimum atomic E-state index is -0.446. The van der Waals surface area contributed by atoms with Crippen LogP contribution in [0.2, 0.25) is 0 Å². The second kappa shape index (κ2) is 5.40. The zero-order chi connectivity index (χ0) is 14.8. The van der Waals surface area contributed by atoms with E-state index in [-0.39, 0.29) is 11.9 Å². The van der Waals surface area contributed by atoms with Gasteiger partial charge >= 0.3 is 6.03 Å². The second-order valence-electron chi connectivity index (χ2n) is 5.08. The van der Waals surface area contributed by atoms with E-state index in [0.29, 0.717) is 18.7 Å². The fourth-order valence-electron chi connectivity index (χ4n) is 2.48. The molecule has 0 bridgehead atoms. The van der Waals surface area contributed by atoms with Crippen LogP contribution in [0.1, 0.15) is 6.42 Å². The van der Waals surface area contributed by atoms with Crippen molar-refractivity contribution in [1.29, 1.82) is 0 Å². The third-order valence-electron chi connectivity index (χ3n) is 3.61. The first kappa shape index (κ1) is 13.4. The zero-order valence-corrected chi connectivity index (χ0v) is 11.7. The van der Waals surface area contributed by atoms with Crippen molar-refractivity contribution < 1.29 is 9.59 Å². The molecule has 0 saturated carbocycles. The van der Waals surface area contributed by atoms with Gasteiger partial charge in [0.25, 0.3) is 0 Å². The number of urea groups is 1. The molecule has 3 rings (SSSR count). The van der Waals surface area contributed by atoms with Crippen LogP contribution < -0.4 is 10.6 Å². The van der Waals surface area contributed by atoms with Gasteiger partial charge in [0.1, 0.15) is 6.04 Å². The average Bonchev–Trinajstić information content (AvgIpc) is 2.80. The monoisotopic (exact) mass is 284 g/mol. The number of pyridine rings is 1. The highest BCUT2D eigenvalue weighted by atomic mass is 16.2. The largest absolute Gasteiger partial charge is 0.344 e. The van der Waals surface area contributed by atoms with E-state index in [0.717, 1.165) is 10.9 Å². The lowest BCUT2D eigenvalue weighted by Crippen LogP contribution is -2.42. The number of nitrogens with zero attached hydrogens (tertiary/aromatic N) is 2. The summed E-state index contributed by atoms with van der Waals surface area (Å²) in [6, 6.07) is 8.52. The lowest BCUT2D eigenvalue weighted by atomic mass is 10.2. The Labute approximate surface area is 122 Å². The van der Waals surface area contributed by atoms with Gasteiger partial charge in [-0.3, -0.25) is 9.78 Å². The Morgan fingerprint density at radius 3 is 2.90 bits per heavy atom. The van der Waals surface area contributed by atoms with Gasteiger partial charge in [-0.25, -0.2) is 4.79 Å². The predicted molar refractivity (Wildman–Crippen MR) is 79.9 cm³/mol. The Hall–Kier alpha value is -2.63. The van der Waals surface area contributed by atoms with Crippen molar-refractivity contribution in [2.45, 2.75) is 12.5 Å². The smallest absolute Gasteiger partial charge is 0.319 e. The fourth-order valence-corrected chi connectivity index (χ4v) is 2.48. The van der Waals surface area contributed by atoms with E-state index in [9.17, 15) is 9.59 Å². The van der Waals surface area contributed by atoms with Gasteiger partial charge in [-0.05, 0) is 18.6 Å². The third-order valence-corrected chi connectivity index (χ3v) is 3.61. The van der Waals surface area contributed by atoms with Crippen LogP contribution in [0.3, 0.4) is 0 Å². The lowest BCUT2D eigenvalue weighted by molar-refractivity contribution is -0.128. The van der Waals surface area contributed by atoms with Crippen LogP contribution in [0.15, 0.2) is 36.5 Å². The van der Waals surface area contributed by atoms with Crippen LogP contribution in [-0.2, 0) is 4.79 Å². The van der Waals surface area contributed by atoms with Gasteiger partial charge in [-0.1, -0.05) is 18.2 Å². The average molecular weight is 284 g/mol. The van der Waals surface area contributed by atoms with Crippen LogP contribution in [-0.4, -0.2) is 41.5 Å². The quantitative estimate of drug-likeness (QED) is 0.879. The highest BCUT2D eigenvalue weighted by Crippen LogP contribution is 2.20. The van der Waals surface area contributed by atoms with E-state index in [1.54, 1.807) is 24.2 Å². The number of rotatable bonds is 2. The van der Waals surface area contributed by atoms with E-state index in [4.69, 9.17) is 0 Å². The van der Waals surface area contributed by atoms with E-state index in [1.165, 1.54) is 0 Å². The second-order valence-corrected chi connectivity index (χ2v) is 5.08. The molecule has 1 aliphatic heterocycles. The summed E-state index contributed by atoms with van der Waals surface area (Å²) in [5.74, 6) is -0.0544. The molecule has 2 heterocycles. The molecule has 21 heavy (non-hydrogen) atoms. The highest BCUT2D eigenvalue weighted by Gasteiger charge is 2.30. The van der Waals surface area contributed by atoms with Gasteiger partial charge in [0.15, 0.2) is 0 Å². The molecular formula is C15H16N4O2.